The molecular formula is C11H17N. The maximum Gasteiger partial charge on any atom is 0.0292 e. The number of rotatable bonds is 3. The molecule has 1 unspecified atom stereocenters. The van der Waals surface area contributed by atoms with Gasteiger partial charge in [0.15, 0.2) is 0 Å². The number of aryl methyl sites for hydroxylation is 1. The first-order valence-electron chi connectivity index (χ1n) is 4.62. The molecule has 1 atom stereocenters. The highest BCUT2D eigenvalue weighted by Gasteiger charge is 2.01. The van der Waals surface area contributed by atoms with Gasteiger partial charge in [0.25, 0.3) is 0 Å². The summed E-state index contributed by atoms with van der Waals surface area (Å²) in [6.07, 6.45) is 2.10. The summed E-state index contributed by atoms with van der Waals surface area (Å²) in [4.78, 5) is 0. The SMILES string of the molecule is CCc1ccc(C(N)CC)cc1. The molecule has 0 fully saturated rings. The van der Waals surface area contributed by atoms with E-state index >= 15 is 0 Å². The van der Waals surface area contributed by atoms with Crippen LogP contribution in [0.1, 0.15) is 37.4 Å². The van der Waals surface area contributed by atoms with E-state index in [1.165, 1.54) is 11.1 Å². The normalized spacial score (nSPS) is 12.9. The predicted octanol–water partition coefficient (Wildman–Crippen LogP) is 2.66. The van der Waals surface area contributed by atoms with Crippen LogP contribution < -0.4 is 5.73 Å². The van der Waals surface area contributed by atoms with Gasteiger partial charge in [0.05, 0.1) is 0 Å². The van der Waals surface area contributed by atoms with Crippen LogP contribution in [0.4, 0.5) is 0 Å². The molecule has 66 valence electrons. The van der Waals surface area contributed by atoms with E-state index in [9.17, 15) is 0 Å². The van der Waals surface area contributed by atoms with Gasteiger partial charge in [-0.25, -0.2) is 0 Å². The number of nitrogens with two attached hydrogens (primary N) is 1. The molecule has 0 saturated heterocycles. The third-order valence-electron chi connectivity index (χ3n) is 2.26. The van der Waals surface area contributed by atoms with Gasteiger partial charge in [-0.05, 0) is 24.0 Å². The zero-order chi connectivity index (χ0) is 8.97. The van der Waals surface area contributed by atoms with Gasteiger partial charge in [-0.15, -0.1) is 0 Å². The lowest BCUT2D eigenvalue weighted by Crippen LogP contribution is -2.08. The second-order valence-electron chi connectivity index (χ2n) is 3.11. The second kappa shape index (κ2) is 4.27. The molecule has 0 heterocycles. The maximum atomic E-state index is 5.89. The van der Waals surface area contributed by atoms with Gasteiger partial charge in [0.2, 0.25) is 0 Å². The van der Waals surface area contributed by atoms with E-state index < -0.39 is 0 Å². The highest BCUT2D eigenvalue weighted by atomic mass is 14.6. The van der Waals surface area contributed by atoms with E-state index in [4.69, 9.17) is 5.73 Å². The minimum atomic E-state index is 0.205. The lowest BCUT2D eigenvalue weighted by atomic mass is 10.0. The Balaban J connectivity index is 2.77. The fraction of sp³-hybridized carbons (Fsp3) is 0.455. The van der Waals surface area contributed by atoms with Crippen LogP contribution in [-0.4, -0.2) is 0 Å². The summed E-state index contributed by atoms with van der Waals surface area (Å²) in [6.45, 7) is 4.27. The van der Waals surface area contributed by atoms with Crippen molar-refractivity contribution in [2.75, 3.05) is 0 Å². The van der Waals surface area contributed by atoms with E-state index in [1.807, 2.05) is 0 Å². The predicted molar refractivity (Wildman–Crippen MR) is 53.0 cm³/mol. The zero-order valence-electron chi connectivity index (χ0n) is 7.88. The molecule has 0 aliphatic rings. The monoisotopic (exact) mass is 163 g/mol. The minimum Gasteiger partial charge on any atom is -0.324 e. The van der Waals surface area contributed by atoms with Gasteiger partial charge >= 0.3 is 0 Å². The average Bonchev–Trinajstić information content (AvgIpc) is 2.17. The number of benzene rings is 1. The van der Waals surface area contributed by atoms with Crippen molar-refractivity contribution in [3.8, 4) is 0 Å². The van der Waals surface area contributed by atoms with Crippen molar-refractivity contribution in [3.05, 3.63) is 35.4 Å². The van der Waals surface area contributed by atoms with Gasteiger partial charge in [-0.3, -0.25) is 0 Å². The van der Waals surface area contributed by atoms with Crippen molar-refractivity contribution < 1.29 is 0 Å². The summed E-state index contributed by atoms with van der Waals surface area (Å²) in [5.74, 6) is 0. The quantitative estimate of drug-likeness (QED) is 0.728. The van der Waals surface area contributed by atoms with Crippen molar-refractivity contribution in [1.29, 1.82) is 0 Å². The lowest BCUT2D eigenvalue weighted by molar-refractivity contribution is 0.698. The Morgan fingerprint density at radius 2 is 1.75 bits per heavy atom. The first-order chi connectivity index (χ1) is 5.77. The molecule has 0 saturated carbocycles. The standard InChI is InChI=1S/C11H17N/c1-3-9-5-7-10(8-6-9)11(12)4-2/h5-8,11H,3-4,12H2,1-2H3. The second-order valence-corrected chi connectivity index (χ2v) is 3.11. The van der Waals surface area contributed by atoms with E-state index in [0.717, 1.165) is 12.8 Å². The van der Waals surface area contributed by atoms with E-state index in [0.29, 0.717) is 0 Å². The lowest BCUT2D eigenvalue weighted by Gasteiger charge is -2.08. The summed E-state index contributed by atoms with van der Waals surface area (Å²) in [5, 5.41) is 0. The molecule has 1 nitrogen and oxygen atoms in total. The van der Waals surface area contributed by atoms with Gasteiger partial charge in [0.1, 0.15) is 0 Å². The summed E-state index contributed by atoms with van der Waals surface area (Å²) < 4.78 is 0. The molecule has 0 radical (unpaired) electrons. The van der Waals surface area contributed by atoms with Crippen molar-refractivity contribution >= 4 is 0 Å². The van der Waals surface area contributed by atoms with Gasteiger partial charge in [0, 0.05) is 6.04 Å². The maximum absolute atomic E-state index is 5.89. The fourth-order valence-corrected chi connectivity index (χ4v) is 1.24. The molecule has 0 amide bonds. The topological polar surface area (TPSA) is 26.0 Å². The molecule has 0 spiro atoms. The number of hydrogen-bond donors (Lipinski definition) is 1. The molecule has 2 N–H and O–H groups in total. The molecule has 0 bridgehead atoms. The van der Waals surface area contributed by atoms with Crippen LogP contribution in [0.5, 0.6) is 0 Å². The van der Waals surface area contributed by atoms with Crippen molar-refractivity contribution in [2.45, 2.75) is 32.7 Å². The Morgan fingerprint density at radius 3 is 2.17 bits per heavy atom. The van der Waals surface area contributed by atoms with Crippen molar-refractivity contribution in [3.63, 3.8) is 0 Å². The third kappa shape index (κ3) is 2.08. The van der Waals surface area contributed by atoms with Crippen LogP contribution >= 0.6 is 0 Å². The van der Waals surface area contributed by atoms with Crippen LogP contribution in [-0.2, 0) is 6.42 Å². The smallest absolute Gasteiger partial charge is 0.0292 e. The largest absolute Gasteiger partial charge is 0.324 e. The first-order valence-corrected chi connectivity index (χ1v) is 4.62. The third-order valence-corrected chi connectivity index (χ3v) is 2.26. The Hall–Kier alpha value is -0.820. The minimum absolute atomic E-state index is 0.205. The van der Waals surface area contributed by atoms with E-state index in [1.54, 1.807) is 0 Å². The molecule has 1 heteroatoms. The molecule has 0 aliphatic heterocycles. The van der Waals surface area contributed by atoms with E-state index in [2.05, 4.69) is 38.1 Å². The number of hydrogen-bond acceptors (Lipinski definition) is 1. The first kappa shape index (κ1) is 9.27. The van der Waals surface area contributed by atoms with Gasteiger partial charge in [-0.1, -0.05) is 38.1 Å². The highest BCUT2D eigenvalue weighted by molar-refractivity contribution is 5.24. The van der Waals surface area contributed by atoms with Crippen LogP contribution in [0.25, 0.3) is 0 Å². The van der Waals surface area contributed by atoms with Crippen LogP contribution in [0, 0.1) is 0 Å². The fourth-order valence-electron chi connectivity index (χ4n) is 1.24. The summed E-state index contributed by atoms with van der Waals surface area (Å²) in [6, 6.07) is 8.78. The van der Waals surface area contributed by atoms with Gasteiger partial charge in [-0.2, -0.15) is 0 Å². The molecule has 1 aromatic rings. The Labute approximate surface area is 74.6 Å². The average molecular weight is 163 g/mol. The summed E-state index contributed by atoms with van der Waals surface area (Å²) in [5.41, 5.74) is 8.51. The Kier molecular flexibility index (Phi) is 3.30. The van der Waals surface area contributed by atoms with Crippen LogP contribution in [0.2, 0.25) is 0 Å². The summed E-state index contributed by atoms with van der Waals surface area (Å²) in [7, 11) is 0. The molecule has 1 aromatic carbocycles. The Morgan fingerprint density at radius 1 is 1.17 bits per heavy atom. The van der Waals surface area contributed by atoms with Crippen LogP contribution in [0.3, 0.4) is 0 Å². The van der Waals surface area contributed by atoms with Crippen LogP contribution in [0.15, 0.2) is 24.3 Å². The van der Waals surface area contributed by atoms with Crippen molar-refractivity contribution in [2.24, 2.45) is 5.73 Å². The summed E-state index contributed by atoms with van der Waals surface area (Å²) >= 11 is 0. The van der Waals surface area contributed by atoms with Gasteiger partial charge < -0.3 is 5.73 Å². The zero-order valence-corrected chi connectivity index (χ0v) is 7.88. The Bertz CT molecular complexity index is 225. The molecular weight excluding hydrogens is 146 g/mol. The molecule has 0 aromatic heterocycles. The highest BCUT2D eigenvalue weighted by Crippen LogP contribution is 2.14. The molecule has 0 aliphatic carbocycles. The van der Waals surface area contributed by atoms with E-state index in [-0.39, 0.29) is 6.04 Å². The van der Waals surface area contributed by atoms with Crippen molar-refractivity contribution in [1.82, 2.24) is 0 Å². The molecule has 12 heavy (non-hydrogen) atoms. The molecule has 1 rings (SSSR count).